The second-order valence-corrected chi connectivity index (χ2v) is 5.56. The summed E-state index contributed by atoms with van der Waals surface area (Å²) in [6, 6.07) is 6.17. The molecule has 0 atom stereocenters. The third kappa shape index (κ3) is 4.07. The van der Waals surface area contributed by atoms with E-state index in [0.29, 0.717) is 17.4 Å². The molecular formula is C16H19ClFN3O. The number of aromatic nitrogens is 2. The van der Waals surface area contributed by atoms with Crippen LogP contribution in [0.2, 0.25) is 5.02 Å². The van der Waals surface area contributed by atoms with Crippen molar-refractivity contribution in [3.8, 4) is 0 Å². The molecule has 0 bridgehead atoms. The molecule has 1 N–H and O–H groups in total. The minimum Gasteiger partial charge on any atom is -0.308 e. The van der Waals surface area contributed by atoms with Crippen LogP contribution in [0.3, 0.4) is 0 Å². The van der Waals surface area contributed by atoms with Gasteiger partial charge in [-0.2, -0.15) is 5.10 Å². The molecule has 1 amide bonds. The smallest absolute Gasteiger partial charge is 0.228 e. The average Bonchev–Trinajstić information content (AvgIpc) is 2.82. The van der Waals surface area contributed by atoms with Crippen LogP contribution < -0.4 is 5.32 Å². The molecular weight excluding hydrogens is 305 g/mol. The molecule has 0 aliphatic heterocycles. The number of benzene rings is 1. The molecule has 0 spiro atoms. The Morgan fingerprint density at radius 2 is 1.95 bits per heavy atom. The summed E-state index contributed by atoms with van der Waals surface area (Å²) in [5.74, 6) is -0.0294. The van der Waals surface area contributed by atoms with Crippen LogP contribution >= 0.6 is 11.6 Å². The Balaban J connectivity index is 2.07. The number of halogens is 2. The summed E-state index contributed by atoms with van der Waals surface area (Å²) in [5.41, 5.74) is 0.901. The van der Waals surface area contributed by atoms with Gasteiger partial charge in [0.05, 0.1) is 6.54 Å². The number of hydrogen-bond donors (Lipinski definition) is 1. The Labute approximate surface area is 134 Å². The molecule has 2 aromatic rings. The Kier molecular flexibility index (Phi) is 5.55. The van der Waals surface area contributed by atoms with Crippen molar-refractivity contribution in [1.29, 1.82) is 0 Å². The fraction of sp³-hybridized carbons (Fsp3) is 0.375. The van der Waals surface area contributed by atoms with E-state index in [9.17, 15) is 9.18 Å². The van der Waals surface area contributed by atoms with Crippen LogP contribution in [0.1, 0.15) is 32.3 Å². The predicted octanol–water partition coefficient (Wildman–Crippen LogP) is 4.10. The molecule has 0 aliphatic carbocycles. The second kappa shape index (κ2) is 7.40. The quantitative estimate of drug-likeness (QED) is 0.870. The van der Waals surface area contributed by atoms with Gasteiger partial charge in [-0.25, -0.2) is 4.39 Å². The molecule has 0 aliphatic rings. The van der Waals surface area contributed by atoms with Crippen molar-refractivity contribution in [1.82, 2.24) is 9.78 Å². The van der Waals surface area contributed by atoms with E-state index < -0.39 is 0 Å². The maximum absolute atomic E-state index is 12.9. The van der Waals surface area contributed by atoms with E-state index in [1.54, 1.807) is 23.0 Å². The molecule has 0 fully saturated rings. The highest BCUT2D eigenvalue weighted by atomic mass is 35.5. The topological polar surface area (TPSA) is 46.9 Å². The largest absolute Gasteiger partial charge is 0.308 e. The zero-order valence-electron chi connectivity index (χ0n) is 12.6. The van der Waals surface area contributed by atoms with Gasteiger partial charge in [-0.15, -0.1) is 0 Å². The first-order valence-electron chi connectivity index (χ1n) is 7.31. The Bertz CT molecular complexity index is 635. The van der Waals surface area contributed by atoms with Crippen LogP contribution in [0.5, 0.6) is 0 Å². The number of hydrogen-bond acceptors (Lipinski definition) is 2. The van der Waals surface area contributed by atoms with E-state index in [1.165, 1.54) is 12.1 Å². The second-order valence-electron chi connectivity index (χ2n) is 5.15. The fourth-order valence-electron chi connectivity index (χ4n) is 2.22. The molecule has 1 heterocycles. The molecule has 1 aromatic carbocycles. The van der Waals surface area contributed by atoms with Crippen LogP contribution in [-0.4, -0.2) is 15.7 Å². The zero-order valence-corrected chi connectivity index (χ0v) is 13.4. The zero-order chi connectivity index (χ0) is 16.1. The highest BCUT2D eigenvalue weighted by molar-refractivity contribution is 6.33. The lowest BCUT2D eigenvalue weighted by molar-refractivity contribution is -0.120. The molecule has 2 rings (SSSR count). The maximum atomic E-state index is 12.9. The summed E-state index contributed by atoms with van der Waals surface area (Å²) < 4.78 is 14.5. The number of anilines is 1. The Morgan fingerprint density at radius 1 is 1.32 bits per heavy atom. The lowest BCUT2D eigenvalue weighted by atomic mass is 10.0. The number of rotatable bonds is 6. The molecule has 0 unspecified atom stereocenters. The van der Waals surface area contributed by atoms with Crippen molar-refractivity contribution in [3.63, 3.8) is 0 Å². The predicted molar refractivity (Wildman–Crippen MR) is 85.4 cm³/mol. The number of amides is 1. The van der Waals surface area contributed by atoms with Crippen molar-refractivity contribution in [2.24, 2.45) is 5.92 Å². The van der Waals surface area contributed by atoms with E-state index in [-0.39, 0.29) is 17.6 Å². The van der Waals surface area contributed by atoms with Crippen molar-refractivity contribution < 1.29 is 9.18 Å². The fourth-order valence-corrected chi connectivity index (χ4v) is 2.42. The van der Waals surface area contributed by atoms with Gasteiger partial charge in [-0.3, -0.25) is 9.48 Å². The van der Waals surface area contributed by atoms with Crippen LogP contribution in [0.4, 0.5) is 10.2 Å². The van der Waals surface area contributed by atoms with Crippen molar-refractivity contribution in [2.75, 3.05) is 5.32 Å². The molecule has 0 saturated heterocycles. The summed E-state index contributed by atoms with van der Waals surface area (Å²) in [6.07, 6.45) is 3.19. The number of carbonyl (C=O) groups is 1. The summed E-state index contributed by atoms with van der Waals surface area (Å²) in [5, 5.41) is 7.43. The first-order valence-corrected chi connectivity index (χ1v) is 7.69. The molecule has 0 radical (unpaired) electrons. The monoisotopic (exact) mass is 323 g/mol. The summed E-state index contributed by atoms with van der Waals surface area (Å²) in [6.45, 7) is 4.41. The number of nitrogens with one attached hydrogen (secondary N) is 1. The van der Waals surface area contributed by atoms with Crippen LogP contribution in [0, 0.1) is 11.7 Å². The highest BCUT2D eigenvalue weighted by Crippen LogP contribution is 2.21. The number of carbonyl (C=O) groups excluding carboxylic acids is 1. The minimum atomic E-state index is -0.277. The van der Waals surface area contributed by atoms with Gasteiger partial charge in [-0.1, -0.05) is 37.6 Å². The Hall–Kier alpha value is -1.88. The normalized spacial score (nSPS) is 11.0. The third-order valence-electron chi connectivity index (χ3n) is 3.57. The summed E-state index contributed by atoms with van der Waals surface area (Å²) in [7, 11) is 0. The van der Waals surface area contributed by atoms with Gasteiger partial charge in [0.25, 0.3) is 0 Å². The molecule has 118 valence electrons. The highest BCUT2D eigenvalue weighted by Gasteiger charge is 2.17. The lowest BCUT2D eigenvalue weighted by Gasteiger charge is -2.11. The lowest BCUT2D eigenvalue weighted by Crippen LogP contribution is -2.22. The molecule has 6 heteroatoms. The molecule has 1 aromatic heterocycles. The van der Waals surface area contributed by atoms with Gasteiger partial charge in [-0.05, 0) is 30.5 Å². The molecule has 22 heavy (non-hydrogen) atoms. The minimum absolute atomic E-state index is 0.0432. The van der Waals surface area contributed by atoms with Gasteiger partial charge in [0.15, 0.2) is 5.82 Å². The van der Waals surface area contributed by atoms with Gasteiger partial charge in [0, 0.05) is 12.1 Å². The average molecular weight is 324 g/mol. The van der Waals surface area contributed by atoms with Crippen molar-refractivity contribution >= 4 is 23.3 Å². The van der Waals surface area contributed by atoms with E-state index in [4.69, 9.17) is 11.6 Å². The van der Waals surface area contributed by atoms with Gasteiger partial charge < -0.3 is 5.32 Å². The maximum Gasteiger partial charge on any atom is 0.228 e. The van der Waals surface area contributed by atoms with E-state index in [2.05, 4.69) is 10.4 Å². The third-order valence-corrected chi connectivity index (χ3v) is 3.85. The van der Waals surface area contributed by atoms with Crippen molar-refractivity contribution in [2.45, 2.75) is 33.2 Å². The van der Waals surface area contributed by atoms with Crippen LogP contribution in [0.15, 0.2) is 30.5 Å². The standard InChI is InChI=1S/C16H19ClFN3O/c1-3-12(4-2)16(22)19-15-14(17)10-21(20-15)9-11-5-7-13(18)8-6-11/h5-8,10,12H,3-4,9H2,1-2H3,(H,19,20,22). The SMILES string of the molecule is CCC(CC)C(=O)Nc1nn(Cc2ccc(F)cc2)cc1Cl. The van der Waals surface area contributed by atoms with Crippen molar-refractivity contribution in [3.05, 3.63) is 46.9 Å². The van der Waals surface area contributed by atoms with E-state index in [1.807, 2.05) is 13.8 Å². The van der Waals surface area contributed by atoms with Gasteiger partial charge in [0.1, 0.15) is 10.8 Å². The summed E-state index contributed by atoms with van der Waals surface area (Å²) >= 11 is 6.11. The van der Waals surface area contributed by atoms with Crippen LogP contribution in [0.25, 0.3) is 0 Å². The molecule has 0 saturated carbocycles. The van der Waals surface area contributed by atoms with Gasteiger partial charge >= 0.3 is 0 Å². The molecule has 4 nitrogen and oxygen atoms in total. The number of nitrogens with zero attached hydrogens (tertiary/aromatic N) is 2. The summed E-state index contributed by atoms with van der Waals surface area (Å²) in [4.78, 5) is 12.1. The van der Waals surface area contributed by atoms with Crippen LogP contribution in [-0.2, 0) is 11.3 Å². The van der Waals surface area contributed by atoms with Gasteiger partial charge in [0.2, 0.25) is 5.91 Å². The first kappa shape index (κ1) is 16.5. The Morgan fingerprint density at radius 3 is 2.55 bits per heavy atom. The first-order chi connectivity index (χ1) is 10.5. The van der Waals surface area contributed by atoms with E-state index >= 15 is 0 Å². The van der Waals surface area contributed by atoms with E-state index in [0.717, 1.165) is 18.4 Å².